The summed E-state index contributed by atoms with van der Waals surface area (Å²) in [6, 6.07) is 0.435. The molecule has 1 saturated heterocycles. The van der Waals surface area contributed by atoms with Gasteiger partial charge >= 0.3 is 12.1 Å². The number of carboxylic acid groups (broad SMARTS) is 1. The van der Waals surface area contributed by atoms with Gasteiger partial charge in [-0.2, -0.15) is 13.2 Å². The molecule has 1 fully saturated rings. The molecule has 25 heavy (non-hydrogen) atoms. The number of alkyl halides is 4. The molecule has 1 unspecified atom stereocenters. The monoisotopic (exact) mass is 362 g/mol. The third kappa shape index (κ3) is 4.25. The van der Waals surface area contributed by atoms with Crippen molar-refractivity contribution in [3.63, 3.8) is 0 Å². The minimum atomic E-state index is -4.78. The first-order chi connectivity index (χ1) is 11.6. The van der Waals surface area contributed by atoms with Crippen LogP contribution in [0, 0.1) is 0 Å². The van der Waals surface area contributed by atoms with Crippen molar-refractivity contribution in [2.45, 2.75) is 25.1 Å². The van der Waals surface area contributed by atoms with E-state index in [9.17, 15) is 31.9 Å². The maximum atomic E-state index is 13.1. The van der Waals surface area contributed by atoms with Crippen LogP contribution in [0.1, 0.15) is 28.8 Å². The highest BCUT2D eigenvalue weighted by Gasteiger charge is 2.34. The molecule has 2 rings (SSSR count). The number of hydrogen-bond acceptors (Lipinski definition) is 3. The fraction of sp³-hybridized carbons (Fsp3) is 0.400. The van der Waals surface area contributed by atoms with Gasteiger partial charge in [-0.15, -0.1) is 0 Å². The van der Waals surface area contributed by atoms with Crippen molar-refractivity contribution in [2.75, 3.05) is 18.1 Å². The van der Waals surface area contributed by atoms with E-state index in [2.05, 4.69) is 0 Å². The van der Waals surface area contributed by atoms with Gasteiger partial charge in [-0.3, -0.25) is 9.59 Å². The van der Waals surface area contributed by atoms with Gasteiger partial charge in [-0.05, 0) is 24.6 Å². The molecule has 10 heteroatoms. The molecule has 1 aromatic carbocycles. The molecule has 1 aromatic rings. The molecule has 0 aliphatic carbocycles. The number of nitrogens with zero attached hydrogens (tertiary/aromatic N) is 1. The van der Waals surface area contributed by atoms with E-state index in [0.29, 0.717) is 12.5 Å². The SMILES string of the molecule is O=C(NC(CF)C(=O)O)c1cc(N2CCCC2=O)cc(C(F)(F)F)c1. The average Bonchev–Trinajstić information content (AvgIpc) is 2.96. The Hall–Kier alpha value is -2.65. The number of aliphatic carboxylic acids is 1. The van der Waals surface area contributed by atoms with Crippen LogP contribution in [0.4, 0.5) is 23.2 Å². The van der Waals surface area contributed by atoms with Crippen molar-refractivity contribution >= 4 is 23.5 Å². The highest BCUT2D eigenvalue weighted by molar-refractivity contribution is 6.00. The van der Waals surface area contributed by atoms with Crippen LogP contribution in [0.5, 0.6) is 0 Å². The van der Waals surface area contributed by atoms with E-state index in [1.54, 1.807) is 5.32 Å². The summed E-state index contributed by atoms with van der Waals surface area (Å²) in [5, 5.41) is 10.5. The van der Waals surface area contributed by atoms with E-state index in [1.807, 2.05) is 0 Å². The number of anilines is 1. The summed E-state index contributed by atoms with van der Waals surface area (Å²) < 4.78 is 51.8. The molecule has 2 amide bonds. The maximum Gasteiger partial charge on any atom is 0.416 e. The van der Waals surface area contributed by atoms with E-state index in [0.717, 1.165) is 17.0 Å². The predicted molar refractivity (Wildman–Crippen MR) is 77.9 cm³/mol. The molecular formula is C15H14F4N2O4. The van der Waals surface area contributed by atoms with Gasteiger partial charge in [0.15, 0.2) is 6.04 Å². The summed E-state index contributed by atoms with van der Waals surface area (Å²) in [5.41, 5.74) is -1.79. The van der Waals surface area contributed by atoms with Crippen LogP contribution in [-0.2, 0) is 15.8 Å². The number of amides is 2. The Morgan fingerprint density at radius 1 is 1.28 bits per heavy atom. The number of benzene rings is 1. The Bertz CT molecular complexity index is 705. The topological polar surface area (TPSA) is 86.7 Å². The first kappa shape index (κ1) is 18.7. The maximum absolute atomic E-state index is 13.1. The zero-order chi connectivity index (χ0) is 18.8. The molecule has 1 heterocycles. The number of rotatable bonds is 5. The summed E-state index contributed by atoms with van der Waals surface area (Å²) in [5.74, 6) is -3.21. The van der Waals surface area contributed by atoms with Crippen molar-refractivity contribution in [3.05, 3.63) is 29.3 Å². The summed E-state index contributed by atoms with van der Waals surface area (Å²) in [4.78, 5) is 35.7. The van der Waals surface area contributed by atoms with E-state index in [1.165, 1.54) is 0 Å². The van der Waals surface area contributed by atoms with Crippen molar-refractivity contribution in [2.24, 2.45) is 0 Å². The van der Waals surface area contributed by atoms with Crippen LogP contribution < -0.4 is 10.2 Å². The van der Waals surface area contributed by atoms with Gasteiger partial charge in [0.25, 0.3) is 5.91 Å². The van der Waals surface area contributed by atoms with Crippen LogP contribution in [0.2, 0.25) is 0 Å². The lowest BCUT2D eigenvalue weighted by Crippen LogP contribution is -2.42. The van der Waals surface area contributed by atoms with Crippen molar-refractivity contribution in [3.8, 4) is 0 Å². The van der Waals surface area contributed by atoms with Gasteiger partial charge in [0.1, 0.15) is 6.67 Å². The van der Waals surface area contributed by atoms with Crippen LogP contribution in [0.3, 0.4) is 0 Å². The summed E-state index contributed by atoms with van der Waals surface area (Å²) >= 11 is 0. The highest BCUT2D eigenvalue weighted by Crippen LogP contribution is 2.34. The molecular weight excluding hydrogens is 348 g/mol. The zero-order valence-corrected chi connectivity index (χ0v) is 12.8. The van der Waals surface area contributed by atoms with Gasteiger partial charge in [0.2, 0.25) is 5.91 Å². The zero-order valence-electron chi connectivity index (χ0n) is 12.8. The Kier molecular flexibility index (Phi) is 5.29. The van der Waals surface area contributed by atoms with Crippen molar-refractivity contribution in [1.29, 1.82) is 0 Å². The first-order valence-electron chi connectivity index (χ1n) is 7.25. The molecule has 136 valence electrons. The third-order valence-corrected chi connectivity index (χ3v) is 3.65. The van der Waals surface area contributed by atoms with E-state index in [4.69, 9.17) is 5.11 Å². The number of hydrogen-bond donors (Lipinski definition) is 2. The van der Waals surface area contributed by atoms with Crippen molar-refractivity contribution < 1.29 is 37.1 Å². The Balaban J connectivity index is 2.41. The lowest BCUT2D eigenvalue weighted by atomic mass is 10.1. The Morgan fingerprint density at radius 2 is 1.96 bits per heavy atom. The van der Waals surface area contributed by atoms with E-state index in [-0.39, 0.29) is 24.6 Å². The Morgan fingerprint density at radius 3 is 2.44 bits per heavy atom. The second-order valence-corrected chi connectivity index (χ2v) is 5.43. The predicted octanol–water partition coefficient (Wildman–Crippen LogP) is 1.98. The molecule has 0 aromatic heterocycles. The van der Waals surface area contributed by atoms with Gasteiger partial charge in [0.05, 0.1) is 5.56 Å². The van der Waals surface area contributed by atoms with Crippen LogP contribution >= 0.6 is 0 Å². The number of nitrogens with one attached hydrogen (secondary N) is 1. The second kappa shape index (κ2) is 7.08. The first-order valence-corrected chi connectivity index (χ1v) is 7.25. The van der Waals surface area contributed by atoms with Gasteiger partial charge < -0.3 is 15.3 Å². The third-order valence-electron chi connectivity index (χ3n) is 3.65. The lowest BCUT2D eigenvalue weighted by Gasteiger charge is -2.19. The number of halogens is 4. The average molecular weight is 362 g/mol. The fourth-order valence-corrected chi connectivity index (χ4v) is 2.39. The van der Waals surface area contributed by atoms with Crippen molar-refractivity contribution in [1.82, 2.24) is 5.32 Å². The molecule has 2 N–H and O–H groups in total. The number of carbonyl (C=O) groups excluding carboxylic acids is 2. The minimum Gasteiger partial charge on any atom is -0.480 e. The summed E-state index contributed by atoms with van der Waals surface area (Å²) in [7, 11) is 0. The quantitative estimate of drug-likeness (QED) is 0.785. The largest absolute Gasteiger partial charge is 0.480 e. The normalized spacial score (nSPS) is 16.0. The highest BCUT2D eigenvalue weighted by atomic mass is 19.4. The lowest BCUT2D eigenvalue weighted by molar-refractivity contribution is -0.140. The number of carbonyl (C=O) groups is 3. The van der Waals surface area contributed by atoms with Gasteiger partial charge in [-0.1, -0.05) is 0 Å². The van der Waals surface area contributed by atoms with E-state index >= 15 is 0 Å². The molecule has 6 nitrogen and oxygen atoms in total. The molecule has 0 spiro atoms. The molecule has 0 radical (unpaired) electrons. The van der Waals surface area contributed by atoms with Gasteiger partial charge in [0, 0.05) is 24.2 Å². The molecule has 1 aliphatic heterocycles. The molecule has 1 aliphatic rings. The molecule has 1 atom stereocenters. The smallest absolute Gasteiger partial charge is 0.416 e. The summed E-state index contributed by atoms with van der Waals surface area (Å²) in [6.07, 6.45) is -4.12. The fourth-order valence-electron chi connectivity index (χ4n) is 2.39. The van der Waals surface area contributed by atoms with Crippen LogP contribution in [0.15, 0.2) is 18.2 Å². The molecule has 0 bridgehead atoms. The summed E-state index contributed by atoms with van der Waals surface area (Å²) in [6.45, 7) is -1.21. The van der Waals surface area contributed by atoms with Crippen LogP contribution in [0.25, 0.3) is 0 Å². The number of carboxylic acids is 1. The Labute approximate surface area is 139 Å². The minimum absolute atomic E-state index is 0.116. The van der Waals surface area contributed by atoms with Crippen LogP contribution in [-0.4, -0.2) is 42.2 Å². The molecule has 0 saturated carbocycles. The second-order valence-electron chi connectivity index (χ2n) is 5.43. The standard InChI is InChI=1S/C15H14F4N2O4/c16-7-11(14(24)25)20-13(23)8-4-9(15(17,18)19)6-10(5-8)21-3-1-2-12(21)22/h4-6,11H,1-3,7H2,(H,20,23)(H,24,25). The van der Waals surface area contributed by atoms with Gasteiger partial charge in [-0.25, -0.2) is 9.18 Å². The van der Waals surface area contributed by atoms with E-state index < -0.39 is 41.9 Å².